The minimum atomic E-state index is -0.423. The number of anilines is 1. The van der Waals surface area contributed by atoms with Gasteiger partial charge in [0.1, 0.15) is 0 Å². The Labute approximate surface area is 135 Å². The van der Waals surface area contributed by atoms with Crippen LogP contribution in [0.1, 0.15) is 40.0 Å². The molecule has 0 aliphatic heterocycles. The van der Waals surface area contributed by atoms with Crippen molar-refractivity contribution in [3.05, 3.63) is 23.4 Å². The lowest BCUT2D eigenvalue weighted by Gasteiger charge is -2.25. The van der Waals surface area contributed by atoms with Gasteiger partial charge in [0.2, 0.25) is 5.91 Å². The van der Waals surface area contributed by atoms with Crippen LogP contribution in [0.5, 0.6) is 0 Å². The molecule has 3 rings (SSSR count). The van der Waals surface area contributed by atoms with Crippen LogP contribution in [0.4, 0.5) is 5.69 Å². The molecule has 0 radical (unpaired) electrons. The molecule has 0 bridgehead atoms. The van der Waals surface area contributed by atoms with Crippen molar-refractivity contribution in [3.63, 3.8) is 0 Å². The minimum absolute atomic E-state index is 0.00941. The first-order valence-electron chi connectivity index (χ1n) is 7.82. The average molecular weight is 320 g/mol. The molecule has 1 fully saturated rings. The Hall–Kier alpha value is -1.55. The Morgan fingerprint density at radius 3 is 2.73 bits per heavy atom. The number of nitrogens with one attached hydrogen (secondary N) is 1. The molecular formula is C17H22ClN3O. The van der Waals surface area contributed by atoms with Crippen LogP contribution < -0.4 is 5.32 Å². The Bertz CT molecular complexity index is 710. The summed E-state index contributed by atoms with van der Waals surface area (Å²) in [6.07, 6.45) is 3.87. The number of nitrogens with zero attached hydrogens (tertiary/aromatic N) is 2. The van der Waals surface area contributed by atoms with E-state index in [9.17, 15) is 4.79 Å². The number of amides is 1. The number of halogens is 1. The topological polar surface area (TPSA) is 46.9 Å². The van der Waals surface area contributed by atoms with Gasteiger partial charge in [0.25, 0.3) is 0 Å². The summed E-state index contributed by atoms with van der Waals surface area (Å²) in [6, 6.07) is 5.82. The van der Waals surface area contributed by atoms with Crippen LogP contribution in [0.15, 0.2) is 18.2 Å². The van der Waals surface area contributed by atoms with Gasteiger partial charge in [-0.25, -0.2) is 0 Å². The Morgan fingerprint density at radius 2 is 2.14 bits per heavy atom. The predicted octanol–water partition coefficient (Wildman–Crippen LogP) is 4.47. The SMILES string of the molecule is CC(C)(C)C(=O)Nc1ccc2c(c1)c(Cl)nn2CC1CCC1. The summed E-state index contributed by atoms with van der Waals surface area (Å²) >= 11 is 6.28. The molecule has 0 saturated heterocycles. The summed E-state index contributed by atoms with van der Waals surface area (Å²) in [5.74, 6) is 0.712. The van der Waals surface area contributed by atoms with Gasteiger partial charge in [0.15, 0.2) is 5.15 Å². The number of fused-ring (bicyclic) bond motifs is 1. The van der Waals surface area contributed by atoms with Crippen molar-refractivity contribution < 1.29 is 4.79 Å². The number of carbonyl (C=O) groups excluding carboxylic acids is 1. The van der Waals surface area contributed by atoms with Crippen molar-refractivity contribution in [2.75, 3.05) is 5.32 Å². The first-order valence-corrected chi connectivity index (χ1v) is 8.20. The molecule has 2 aromatic rings. The van der Waals surface area contributed by atoms with Crippen LogP contribution in [0, 0.1) is 11.3 Å². The van der Waals surface area contributed by atoms with E-state index in [-0.39, 0.29) is 5.91 Å². The van der Waals surface area contributed by atoms with Gasteiger partial charge in [-0.15, -0.1) is 0 Å². The summed E-state index contributed by atoms with van der Waals surface area (Å²) in [5.41, 5.74) is 1.37. The Balaban J connectivity index is 1.86. The normalized spacial score (nSPS) is 15.8. The van der Waals surface area contributed by atoms with E-state index in [0.29, 0.717) is 5.15 Å². The summed E-state index contributed by atoms with van der Waals surface area (Å²) in [5, 5.41) is 8.79. The van der Waals surface area contributed by atoms with E-state index >= 15 is 0 Å². The molecule has 1 heterocycles. The summed E-state index contributed by atoms with van der Waals surface area (Å²) in [6.45, 7) is 6.61. The monoisotopic (exact) mass is 319 g/mol. The molecule has 118 valence electrons. The summed E-state index contributed by atoms with van der Waals surface area (Å²) < 4.78 is 2.00. The molecule has 4 nitrogen and oxygen atoms in total. The largest absolute Gasteiger partial charge is 0.326 e. The Kier molecular flexibility index (Phi) is 3.89. The molecule has 5 heteroatoms. The van der Waals surface area contributed by atoms with E-state index in [1.807, 2.05) is 43.7 Å². The van der Waals surface area contributed by atoms with Gasteiger partial charge in [0, 0.05) is 23.0 Å². The number of carbonyl (C=O) groups is 1. The second-order valence-corrected chi connectivity index (χ2v) is 7.56. The van der Waals surface area contributed by atoms with E-state index in [1.54, 1.807) is 0 Å². The van der Waals surface area contributed by atoms with Gasteiger partial charge in [-0.05, 0) is 37.0 Å². The third-order valence-electron chi connectivity index (χ3n) is 4.30. The lowest BCUT2D eigenvalue weighted by Crippen LogP contribution is -2.27. The highest BCUT2D eigenvalue weighted by Gasteiger charge is 2.22. The molecule has 1 aromatic heterocycles. The highest BCUT2D eigenvalue weighted by atomic mass is 35.5. The maximum atomic E-state index is 12.1. The lowest BCUT2D eigenvalue weighted by molar-refractivity contribution is -0.123. The van der Waals surface area contributed by atoms with Crippen LogP contribution in [-0.2, 0) is 11.3 Å². The van der Waals surface area contributed by atoms with Crippen molar-refractivity contribution in [3.8, 4) is 0 Å². The van der Waals surface area contributed by atoms with Gasteiger partial charge < -0.3 is 5.32 Å². The number of hydrogen-bond acceptors (Lipinski definition) is 2. The fourth-order valence-corrected chi connectivity index (χ4v) is 2.84. The molecule has 1 N–H and O–H groups in total. The fourth-order valence-electron chi connectivity index (χ4n) is 2.60. The molecular weight excluding hydrogens is 298 g/mol. The van der Waals surface area contributed by atoms with Gasteiger partial charge in [0.05, 0.1) is 5.52 Å². The van der Waals surface area contributed by atoms with Crippen LogP contribution >= 0.6 is 11.6 Å². The van der Waals surface area contributed by atoms with Crippen LogP contribution in [-0.4, -0.2) is 15.7 Å². The molecule has 1 aliphatic rings. The molecule has 0 unspecified atom stereocenters. The number of aromatic nitrogens is 2. The van der Waals surface area contributed by atoms with Crippen molar-refractivity contribution in [1.29, 1.82) is 0 Å². The second kappa shape index (κ2) is 5.58. The zero-order valence-corrected chi connectivity index (χ0v) is 14.1. The van der Waals surface area contributed by atoms with Gasteiger partial charge in [-0.2, -0.15) is 5.10 Å². The van der Waals surface area contributed by atoms with Crippen LogP contribution in [0.2, 0.25) is 5.15 Å². The smallest absolute Gasteiger partial charge is 0.229 e. The van der Waals surface area contributed by atoms with E-state index in [4.69, 9.17) is 11.6 Å². The third kappa shape index (κ3) is 2.98. The number of rotatable bonds is 3. The summed E-state index contributed by atoms with van der Waals surface area (Å²) in [4.78, 5) is 12.1. The van der Waals surface area contributed by atoms with Crippen molar-refractivity contribution in [2.24, 2.45) is 11.3 Å². The van der Waals surface area contributed by atoms with Crippen molar-refractivity contribution in [1.82, 2.24) is 9.78 Å². The molecule has 1 saturated carbocycles. The van der Waals surface area contributed by atoms with Gasteiger partial charge >= 0.3 is 0 Å². The van der Waals surface area contributed by atoms with E-state index in [2.05, 4.69) is 10.4 Å². The third-order valence-corrected chi connectivity index (χ3v) is 4.58. The minimum Gasteiger partial charge on any atom is -0.326 e. The molecule has 0 spiro atoms. The molecule has 22 heavy (non-hydrogen) atoms. The lowest BCUT2D eigenvalue weighted by atomic mass is 9.85. The molecule has 1 amide bonds. The predicted molar refractivity (Wildman–Crippen MR) is 90.2 cm³/mol. The van der Waals surface area contributed by atoms with Gasteiger partial charge in [-0.3, -0.25) is 9.48 Å². The fraction of sp³-hybridized carbons (Fsp3) is 0.529. The highest BCUT2D eigenvalue weighted by Crippen LogP contribution is 2.31. The maximum absolute atomic E-state index is 12.1. The number of hydrogen-bond donors (Lipinski definition) is 1. The zero-order valence-electron chi connectivity index (χ0n) is 13.3. The molecule has 0 atom stereocenters. The molecule has 1 aliphatic carbocycles. The first-order chi connectivity index (χ1) is 10.3. The Morgan fingerprint density at radius 1 is 1.41 bits per heavy atom. The van der Waals surface area contributed by atoms with Crippen molar-refractivity contribution in [2.45, 2.75) is 46.6 Å². The maximum Gasteiger partial charge on any atom is 0.229 e. The summed E-state index contributed by atoms with van der Waals surface area (Å²) in [7, 11) is 0. The number of benzene rings is 1. The first kappa shape index (κ1) is 15.3. The second-order valence-electron chi connectivity index (χ2n) is 7.21. The van der Waals surface area contributed by atoms with Crippen molar-refractivity contribution >= 4 is 34.1 Å². The standard InChI is InChI=1S/C17H22ClN3O/c1-17(2,3)16(22)19-12-7-8-14-13(9-12)15(18)20-21(14)10-11-5-4-6-11/h7-9,11H,4-6,10H2,1-3H3,(H,19,22). The van der Waals surface area contributed by atoms with E-state index in [0.717, 1.165) is 29.1 Å². The highest BCUT2D eigenvalue weighted by molar-refractivity contribution is 6.34. The van der Waals surface area contributed by atoms with Crippen LogP contribution in [0.25, 0.3) is 10.9 Å². The quantitative estimate of drug-likeness (QED) is 0.907. The van der Waals surface area contributed by atoms with E-state index < -0.39 is 5.41 Å². The van der Waals surface area contributed by atoms with E-state index in [1.165, 1.54) is 19.3 Å². The molecule has 1 aromatic carbocycles. The zero-order chi connectivity index (χ0) is 15.9. The van der Waals surface area contributed by atoms with Crippen LogP contribution in [0.3, 0.4) is 0 Å². The van der Waals surface area contributed by atoms with Gasteiger partial charge in [-0.1, -0.05) is 38.8 Å². The average Bonchev–Trinajstić information content (AvgIpc) is 2.69.